The number of amides is 1. The maximum absolute atomic E-state index is 13.9. The average molecular weight is 356 g/mol. The Hall–Kier alpha value is -2.60. The molecule has 4 rings (SSSR count). The van der Waals surface area contributed by atoms with E-state index in [9.17, 15) is 13.6 Å². The molecule has 0 saturated heterocycles. The molecule has 1 amide bonds. The van der Waals surface area contributed by atoms with Crippen LogP contribution in [0.25, 0.3) is 10.6 Å². The van der Waals surface area contributed by atoms with E-state index < -0.39 is 11.6 Å². The highest BCUT2D eigenvalue weighted by molar-refractivity contribution is 7.13. The summed E-state index contributed by atoms with van der Waals surface area (Å²) in [5.74, 6) is -1.57. The molecule has 0 fully saturated rings. The highest BCUT2D eigenvalue weighted by Gasteiger charge is 2.29. The Balaban J connectivity index is 1.69. The van der Waals surface area contributed by atoms with Gasteiger partial charge >= 0.3 is 0 Å². The van der Waals surface area contributed by atoms with E-state index in [1.165, 1.54) is 11.0 Å². The highest BCUT2D eigenvalue weighted by Crippen LogP contribution is 2.33. The molecule has 3 aromatic rings. The normalized spacial score (nSPS) is 13.2. The molecule has 126 valence electrons. The van der Waals surface area contributed by atoms with Gasteiger partial charge in [-0.2, -0.15) is 0 Å². The van der Waals surface area contributed by atoms with E-state index in [4.69, 9.17) is 0 Å². The fraction of sp³-hybridized carbons (Fsp3) is 0.158. The molecule has 0 spiro atoms. The molecular weight excluding hydrogens is 342 g/mol. The van der Waals surface area contributed by atoms with Crippen molar-refractivity contribution >= 4 is 22.9 Å². The number of halogens is 2. The molecule has 0 unspecified atom stereocenters. The van der Waals surface area contributed by atoms with Gasteiger partial charge in [-0.05, 0) is 43.0 Å². The van der Waals surface area contributed by atoms with Gasteiger partial charge in [-0.25, -0.2) is 8.78 Å². The second-order valence-electron chi connectivity index (χ2n) is 5.90. The zero-order valence-corrected chi connectivity index (χ0v) is 14.2. The third-order valence-corrected chi connectivity index (χ3v) is 5.24. The van der Waals surface area contributed by atoms with Crippen LogP contribution in [-0.4, -0.2) is 17.4 Å². The lowest BCUT2D eigenvalue weighted by molar-refractivity contribution is 0.0988. The van der Waals surface area contributed by atoms with Crippen LogP contribution in [0, 0.1) is 18.6 Å². The number of nitrogens with zero attached hydrogens (tertiary/aromatic N) is 2. The highest BCUT2D eigenvalue weighted by atomic mass is 32.1. The number of benzene rings is 1. The van der Waals surface area contributed by atoms with Crippen LogP contribution in [0.4, 0.5) is 14.5 Å². The lowest BCUT2D eigenvalue weighted by Crippen LogP contribution is -2.29. The summed E-state index contributed by atoms with van der Waals surface area (Å²) in [4.78, 5) is 19.9. The van der Waals surface area contributed by atoms with Crippen molar-refractivity contribution in [2.45, 2.75) is 13.3 Å². The standard InChI is InChI=1S/C19H14F2N2OS/c1-11-13(4-5-16(22-11)18-3-2-8-25-18)19(24)23-7-6-14-15(21)9-12(20)10-17(14)23/h2-5,8-10H,6-7H2,1H3. The van der Waals surface area contributed by atoms with Crippen molar-refractivity contribution in [3.05, 3.63) is 70.2 Å². The zero-order valence-electron chi connectivity index (χ0n) is 13.4. The maximum atomic E-state index is 13.9. The molecule has 0 N–H and O–H groups in total. The first-order chi connectivity index (χ1) is 12.0. The second-order valence-corrected chi connectivity index (χ2v) is 6.85. The molecule has 3 heterocycles. The van der Waals surface area contributed by atoms with Crippen molar-refractivity contribution in [3.8, 4) is 10.6 Å². The molecule has 0 saturated carbocycles. The number of aromatic nitrogens is 1. The van der Waals surface area contributed by atoms with Gasteiger partial charge in [-0.3, -0.25) is 9.78 Å². The van der Waals surface area contributed by atoms with Crippen molar-refractivity contribution in [3.63, 3.8) is 0 Å². The van der Waals surface area contributed by atoms with Crippen LogP contribution in [0.5, 0.6) is 0 Å². The van der Waals surface area contributed by atoms with Gasteiger partial charge in [0, 0.05) is 18.2 Å². The monoisotopic (exact) mass is 356 g/mol. The summed E-state index contributed by atoms with van der Waals surface area (Å²) < 4.78 is 27.5. The Morgan fingerprint density at radius 2 is 2.08 bits per heavy atom. The van der Waals surface area contributed by atoms with E-state index in [-0.39, 0.29) is 5.91 Å². The zero-order chi connectivity index (χ0) is 17.6. The molecule has 0 atom stereocenters. The number of carbonyl (C=O) groups is 1. The molecule has 3 nitrogen and oxygen atoms in total. The number of rotatable bonds is 2. The lowest BCUT2D eigenvalue weighted by Gasteiger charge is -2.18. The summed E-state index contributed by atoms with van der Waals surface area (Å²) >= 11 is 1.58. The predicted molar refractivity (Wildman–Crippen MR) is 94.0 cm³/mol. The third kappa shape index (κ3) is 2.72. The fourth-order valence-corrected chi connectivity index (χ4v) is 3.82. The van der Waals surface area contributed by atoms with Crippen molar-refractivity contribution in [2.75, 3.05) is 11.4 Å². The van der Waals surface area contributed by atoms with Crippen molar-refractivity contribution in [1.82, 2.24) is 4.98 Å². The molecule has 0 radical (unpaired) electrons. The summed E-state index contributed by atoms with van der Waals surface area (Å²) in [5.41, 5.74) is 2.54. The molecule has 0 aliphatic carbocycles. The summed E-state index contributed by atoms with van der Waals surface area (Å²) in [6, 6.07) is 9.51. The predicted octanol–water partition coefficient (Wildman–Crippen LogP) is 4.60. The number of anilines is 1. The Bertz CT molecular complexity index is 970. The van der Waals surface area contributed by atoms with Gasteiger partial charge in [-0.15, -0.1) is 11.3 Å². The van der Waals surface area contributed by atoms with Crippen LogP contribution in [0.1, 0.15) is 21.6 Å². The SMILES string of the molecule is Cc1nc(-c2cccs2)ccc1C(=O)N1CCc2c(F)cc(F)cc21. The molecule has 1 aromatic carbocycles. The first-order valence-electron chi connectivity index (χ1n) is 7.86. The number of hydrogen-bond acceptors (Lipinski definition) is 3. The molecule has 2 aromatic heterocycles. The molecule has 6 heteroatoms. The number of aryl methyl sites for hydroxylation is 1. The fourth-order valence-electron chi connectivity index (χ4n) is 3.13. The Labute approximate surface area is 147 Å². The van der Waals surface area contributed by atoms with Gasteiger partial charge in [0.2, 0.25) is 0 Å². The molecule has 25 heavy (non-hydrogen) atoms. The van der Waals surface area contributed by atoms with Crippen molar-refractivity contribution in [2.24, 2.45) is 0 Å². The number of carbonyl (C=O) groups excluding carboxylic acids is 1. The summed E-state index contributed by atoms with van der Waals surface area (Å²) in [6.07, 6.45) is 0.382. The van der Waals surface area contributed by atoms with Crippen LogP contribution >= 0.6 is 11.3 Å². The molecule has 0 bridgehead atoms. The number of thiophene rings is 1. The van der Waals surface area contributed by atoms with E-state index in [0.29, 0.717) is 35.5 Å². The van der Waals surface area contributed by atoms with Crippen LogP contribution < -0.4 is 4.90 Å². The van der Waals surface area contributed by atoms with Crippen LogP contribution in [0.15, 0.2) is 41.8 Å². The van der Waals surface area contributed by atoms with Gasteiger partial charge < -0.3 is 4.90 Å². The first kappa shape index (κ1) is 15.9. The average Bonchev–Trinajstić information content (AvgIpc) is 3.23. The van der Waals surface area contributed by atoms with Crippen LogP contribution in [-0.2, 0) is 6.42 Å². The third-order valence-electron chi connectivity index (χ3n) is 4.35. The quantitative estimate of drug-likeness (QED) is 0.672. The number of fused-ring (bicyclic) bond motifs is 1. The van der Waals surface area contributed by atoms with Crippen LogP contribution in [0.2, 0.25) is 0 Å². The van der Waals surface area contributed by atoms with Crippen LogP contribution in [0.3, 0.4) is 0 Å². The topological polar surface area (TPSA) is 33.2 Å². The minimum Gasteiger partial charge on any atom is -0.307 e. The maximum Gasteiger partial charge on any atom is 0.260 e. The van der Waals surface area contributed by atoms with Gasteiger partial charge in [0.1, 0.15) is 11.6 Å². The van der Waals surface area contributed by atoms with Crippen molar-refractivity contribution < 1.29 is 13.6 Å². The van der Waals surface area contributed by atoms with E-state index >= 15 is 0 Å². The lowest BCUT2D eigenvalue weighted by atomic mass is 10.1. The largest absolute Gasteiger partial charge is 0.307 e. The van der Waals surface area contributed by atoms with E-state index in [2.05, 4.69) is 4.98 Å². The smallest absolute Gasteiger partial charge is 0.260 e. The summed E-state index contributed by atoms with van der Waals surface area (Å²) in [6.45, 7) is 2.11. The van der Waals surface area contributed by atoms with Crippen molar-refractivity contribution in [1.29, 1.82) is 0 Å². The summed E-state index contributed by atoms with van der Waals surface area (Å²) in [7, 11) is 0. The molecule has 1 aliphatic heterocycles. The first-order valence-corrected chi connectivity index (χ1v) is 8.74. The number of hydrogen-bond donors (Lipinski definition) is 0. The van der Waals surface area contributed by atoms with E-state index in [0.717, 1.165) is 16.6 Å². The molecular formula is C19H14F2N2OS. The Morgan fingerprint density at radius 3 is 2.80 bits per heavy atom. The van der Waals surface area contributed by atoms with Gasteiger partial charge in [0.25, 0.3) is 5.91 Å². The Morgan fingerprint density at radius 1 is 1.24 bits per heavy atom. The number of pyridine rings is 1. The summed E-state index contributed by atoms with van der Waals surface area (Å²) in [5, 5.41) is 1.97. The second kappa shape index (κ2) is 6.04. The van der Waals surface area contributed by atoms with Gasteiger partial charge in [0.15, 0.2) is 0 Å². The minimum atomic E-state index is -0.682. The van der Waals surface area contributed by atoms with E-state index in [1.54, 1.807) is 30.4 Å². The van der Waals surface area contributed by atoms with Gasteiger partial charge in [-0.1, -0.05) is 6.07 Å². The van der Waals surface area contributed by atoms with E-state index in [1.807, 2.05) is 17.5 Å². The minimum absolute atomic E-state index is 0.286. The van der Waals surface area contributed by atoms with Gasteiger partial charge in [0.05, 0.1) is 27.5 Å². The molecule has 1 aliphatic rings. The Kier molecular flexibility index (Phi) is 3.84.